The third kappa shape index (κ3) is 5.30. The summed E-state index contributed by atoms with van der Waals surface area (Å²) in [5, 5.41) is 24.1. The van der Waals surface area contributed by atoms with Crippen LogP contribution in [0, 0.1) is 0 Å². The van der Waals surface area contributed by atoms with Crippen molar-refractivity contribution < 1.29 is 28.3 Å². The fraction of sp³-hybridized carbons (Fsp3) is 0.0588. The van der Waals surface area contributed by atoms with Crippen LogP contribution in [0.4, 0.5) is 24.8 Å². The van der Waals surface area contributed by atoms with Gasteiger partial charge in [-0.25, -0.2) is 14.8 Å². The van der Waals surface area contributed by atoms with Gasteiger partial charge in [-0.15, -0.1) is 0 Å². The van der Waals surface area contributed by atoms with E-state index in [4.69, 9.17) is 20.8 Å². The first-order valence-corrected chi connectivity index (χ1v) is 7.57. The summed E-state index contributed by atoms with van der Waals surface area (Å²) in [6.07, 6.45) is -1.75. The molecule has 8 nitrogen and oxygen atoms in total. The number of aromatic nitrogens is 2. The molecule has 0 bridgehead atoms. The van der Waals surface area contributed by atoms with E-state index in [1.807, 2.05) is 30.3 Å². The Morgan fingerprint density at radius 1 is 1.11 bits per heavy atom. The molecule has 3 rings (SSSR count). The van der Waals surface area contributed by atoms with Gasteiger partial charge < -0.3 is 21.4 Å². The zero-order valence-electron chi connectivity index (χ0n) is 14.1. The summed E-state index contributed by atoms with van der Waals surface area (Å²) >= 11 is 0. The smallest absolute Gasteiger partial charge is 0.475 e. The van der Waals surface area contributed by atoms with Crippen LogP contribution in [0.15, 0.2) is 60.0 Å². The van der Waals surface area contributed by atoms with Crippen molar-refractivity contribution in [3.8, 4) is 0 Å². The van der Waals surface area contributed by atoms with Crippen molar-refractivity contribution in [1.82, 2.24) is 9.97 Å². The number of nitrogens with one attached hydrogen (secondary N) is 1. The largest absolute Gasteiger partial charge is 0.490 e. The molecule has 0 aliphatic rings. The number of aliphatic carboxylic acids is 1. The third-order valence-corrected chi connectivity index (χ3v) is 3.34. The van der Waals surface area contributed by atoms with E-state index in [-0.39, 0.29) is 5.84 Å². The van der Waals surface area contributed by atoms with Crippen molar-refractivity contribution in [1.29, 1.82) is 0 Å². The molecule has 2 aromatic carbocycles. The van der Waals surface area contributed by atoms with E-state index in [1.165, 1.54) is 0 Å². The first-order chi connectivity index (χ1) is 13.2. The number of fused-ring (bicyclic) bond motifs is 1. The SMILES string of the molecule is N/C(=N/O)c1ccc2cccc(Nc3ncccn3)c2c1.O=C(O)C(F)(F)F. The second-order valence-corrected chi connectivity index (χ2v) is 5.23. The first kappa shape index (κ1) is 20.4. The van der Waals surface area contributed by atoms with Crippen molar-refractivity contribution in [2.75, 3.05) is 5.32 Å². The lowest BCUT2D eigenvalue weighted by Crippen LogP contribution is -2.21. The molecule has 1 aromatic heterocycles. The van der Waals surface area contributed by atoms with Gasteiger partial charge in [0.25, 0.3) is 0 Å². The van der Waals surface area contributed by atoms with E-state index in [0.717, 1.165) is 16.5 Å². The lowest BCUT2D eigenvalue weighted by molar-refractivity contribution is -0.192. The number of alkyl halides is 3. The molecule has 11 heteroatoms. The van der Waals surface area contributed by atoms with Crippen molar-refractivity contribution in [2.24, 2.45) is 10.9 Å². The molecule has 0 radical (unpaired) electrons. The van der Waals surface area contributed by atoms with Crippen LogP contribution in [0.3, 0.4) is 0 Å². The highest BCUT2D eigenvalue weighted by atomic mass is 19.4. The van der Waals surface area contributed by atoms with Crippen LogP contribution in [-0.2, 0) is 4.79 Å². The number of hydrogen-bond donors (Lipinski definition) is 4. The number of nitrogens with zero attached hydrogens (tertiary/aromatic N) is 3. The normalized spacial score (nSPS) is 11.5. The number of benzene rings is 2. The Hall–Kier alpha value is -3.89. The van der Waals surface area contributed by atoms with Crippen molar-refractivity contribution in [3.05, 3.63) is 60.4 Å². The Labute approximate surface area is 156 Å². The molecule has 3 aromatic rings. The highest BCUT2D eigenvalue weighted by Gasteiger charge is 2.38. The molecular formula is C17H14F3N5O3. The van der Waals surface area contributed by atoms with Crippen molar-refractivity contribution >= 4 is 34.2 Å². The molecule has 0 atom stereocenters. The molecule has 0 saturated carbocycles. The second kappa shape index (κ2) is 8.66. The molecule has 0 saturated heterocycles. The number of anilines is 2. The minimum atomic E-state index is -5.08. The Morgan fingerprint density at radius 3 is 2.32 bits per heavy atom. The van der Waals surface area contributed by atoms with Crippen LogP contribution in [0.1, 0.15) is 5.56 Å². The average molecular weight is 393 g/mol. The molecule has 1 heterocycles. The summed E-state index contributed by atoms with van der Waals surface area (Å²) < 4.78 is 31.7. The molecule has 0 fully saturated rings. The molecule has 0 amide bonds. The Bertz CT molecular complexity index is 994. The summed E-state index contributed by atoms with van der Waals surface area (Å²) in [6.45, 7) is 0. The average Bonchev–Trinajstić information content (AvgIpc) is 2.68. The van der Waals surface area contributed by atoms with Gasteiger partial charge in [-0.2, -0.15) is 13.2 Å². The van der Waals surface area contributed by atoms with E-state index < -0.39 is 12.1 Å². The fourth-order valence-electron chi connectivity index (χ4n) is 2.08. The van der Waals surface area contributed by atoms with Crippen LogP contribution in [0.2, 0.25) is 0 Å². The van der Waals surface area contributed by atoms with Gasteiger partial charge in [0.05, 0.1) is 0 Å². The molecule has 5 N–H and O–H groups in total. The second-order valence-electron chi connectivity index (χ2n) is 5.23. The van der Waals surface area contributed by atoms with Gasteiger partial charge in [0.2, 0.25) is 5.95 Å². The molecule has 0 unspecified atom stereocenters. The van der Waals surface area contributed by atoms with E-state index in [9.17, 15) is 13.2 Å². The van der Waals surface area contributed by atoms with Gasteiger partial charge in [0.1, 0.15) is 0 Å². The van der Waals surface area contributed by atoms with Gasteiger partial charge in [0.15, 0.2) is 5.84 Å². The number of amidine groups is 1. The van der Waals surface area contributed by atoms with Gasteiger partial charge in [-0.05, 0) is 23.6 Å². The molecular weight excluding hydrogens is 379 g/mol. The molecule has 28 heavy (non-hydrogen) atoms. The minimum absolute atomic E-state index is 0.0719. The van der Waals surface area contributed by atoms with Crippen LogP contribution in [0.5, 0.6) is 0 Å². The van der Waals surface area contributed by atoms with Crippen LogP contribution in [0.25, 0.3) is 10.8 Å². The number of carboxylic acids is 1. The third-order valence-electron chi connectivity index (χ3n) is 3.34. The maximum absolute atomic E-state index is 10.6. The monoisotopic (exact) mass is 393 g/mol. The van der Waals surface area contributed by atoms with E-state index >= 15 is 0 Å². The highest BCUT2D eigenvalue weighted by Crippen LogP contribution is 2.26. The molecule has 0 aliphatic carbocycles. The molecule has 0 spiro atoms. The standard InChI is InChI=1S/C15H13N5O.C2HF3O2/c16-14(20-21)11-6-5-10-3-1-4-13(12(10)9-11)19-15-17-7-2-8-18-15;3-2(4,5)1(6)7/h1-9,21H,(H2,16,20)(H,17,18,19);(H,6,7). The first-order valence-electron chi connectivity index (χ1n) is 7.57. The number of nitrogens with two attached hydrogens (primary N) is 1. The Kier molecular flexibility index (Phi) is 6.32. The Balaban J connectivity index is 0.000000345. The minimum Gasteiger partial charge on any atom is -0.475 e. The van der Waals surface area contributed by atoms with E-state index in [0.29, 0.717) is 11.5 Å². The number of oxime groups is 1. The Morgan fingerprint density at radius 2 is 1.75 bits per heavy atom. The summed E-state index contributed by atoms with van der Waals surface area (Å²) in [5.74, 6) is -2.17. The topological polar surface area (TPSA) is 134 Å². The maximum atomic E-state index is 10.6. The van der Waals surface area contributed by atoms with Gasteiger partial charge in [0, 0.05) is 29.0 Å². The lowest BCUT2D eigenvalue weighted by Gasteiger charge is -2.09. The zero-order chi connectivity index (χ0) is 20.7. The number of hydrogen-bond acceptors (Lipinski definition) is 6. The lowest BCUT2D eigenvalue weighted by atomic mass is 10.0. The summed E-state index contributed by atoms with van der Waals surface area (Å²) in [7, 11) is 0. The summed E-state index contributed by atoms with van der Waals surface area (Å²) in [5.41, 5.74) is 7.14. The van der Waals surface area contributed by atoms with Gasteiger partial charge >= 0.3 is 12.1 Å². The maximum Gasteiger partial charge on any atom is 0.490 e. The van der Waals surface area contributed by atoms with Crippen molar-refractivity contribution in [3.63, 3.8) is 0 Å². The van der Waals surface area contributed by atoms with Gasteiger partial charge in [-0.1, -0.05) is 29.4 Å². The summed E-state index contributed by atoms with van der Waals surface area (Å²) in [4.78, 5) is 17.2. The highest BCUT2D eigenvalue weighted by molar-refractivity contribution is 6.03. The van der Waals surface area contributed by atoms with Gasteiger partial charge in [-0.3, -0.25) is 0 Å². The molecule has 0 aliphatic heterocycles. The number of carboxylic acid groups (broad SMARTS) is 1. The van der Waals surface area contributed by atoms with E-state index in [2.05, 4.69) is 20.4 Å². The predicted molar refractivity (Wildman–Crippen MR) is 95.5 cm³/mol. The summed E-state index contributed by atoms with van der Waals surface area (Å²) in [6, 6.07) is 13.2. The predicted octanol–water partition coefficient (Wildman–Crippen LogP) is 3.10. The number of halogens is 3. The van der Waals surface area contributed by atoms with Crippen LogP contribution < -0.4 is 11.1 Å². The quantitative estimate of drug-likeness (QED) is 0.232. The fourth-order valence-corrected chi connectivity index (χ4v) is 2.08. The van der Waals surface area contributed by atoms with Crippen LogP contribution in [-0.4, -0.2) is 38.3 Å². The van der Waals surface area contributed by atoms with E-state index in [1.54, 1.807) is 24.5 Å². The number of carbonyl (C=O) groups is 1. The zero-order valence-corrected chi connectivity index (χ0v) is 14.1. The molecule has 146 valence electrons. The van der Waals surface area contributed by atoms with Crippen molar-refractivity contribution in [2.45, 2.75) is 6.18 Å². The number of rotatable bonds is 3. The van der Waals surface area contributed by atoms with Crippen LogP contribution >= 0.6 is 0 Å².